The number of benzene rings is 1. The largest absolute Gasteiger partial charge is 0.385 e. The molecule has 0 saturated heterocycles. The second kappa shape index (κ2) is 8.74. The van der Waals surface area contributed by atoms with Crippen molar-refractivity contribution in [3.63, 3.8) is 0 Å². The molecule has 1 amide bonds. The first kappa shape index (κ1) is 17.6. The summed E-state index contributed by atoms with van der Waals surface area (Å²) in [6, 6.07) is 6.30. The summed E-state index contributed by atoms with van der Waals surface area (Å²) in [4.78, 5) is 16.2. The Labute approximate surface area is 141 Å². The Hall–Kier alpha value is -1.79. The second-order valence-electron chi connectivity index (χ2n) is 5.33. The highest BCUT2D eigenvalue weighted by Crippen LogP contribution is 2.21. The van der Waals surface area contributed by atoms with Crippen LogP contribution in [0, 0.1) is 13.8 Å². The molecule has 0 bridgehead atoms. The molecule has 23 heavy (non-hydrogen) atoms. The first-order chi connectivity index (χ1) is 11.1. The van der Waals surface area contributed by atoms with Crippen LogP contribution in [0.25, 0.3) is 5.69 Å². The summed E-state index contributed by atoms with van der Waals surface area (Å²) in [7, 11) is 1.66. The van der Waals surface area contributed by atoms with E-state index in [1.54, 1.807) is 13.3 Å². The summed E-state index contributed by atoms with van der Waals surface area (Å²) in [6.07, 6.45) is 4.50. The Kier molecular flexibility index (Phi) is 6.67. The van der Waals surface area contributed by atoms with Crippen LogP contribution >= 0.6 is 11.8 Å². The molecule has 124 valence electrons. The van der Waals surface area contributed by atoms with Crippen LogP contribution in [-0.4, -0.2) is 41.5 Å². The molecule has 0 spiro atoms. The number of rotatable bonds is 8. The number of aryl methyl sites for hydroxylation is 2. The molecule has 0 saturated carbocycles. The summed E-state index contributed by atoms with van der Waals surface area (Å²) in [5, 5.41) is 3.70. The van der Waals surface area contributed by atoms with Crippen LogP contribution in [0.5, 0.6) is 0 Å². The average Bonchev–Trinajstić information content (AvgIpc) is 3.01. The number of thioether (sulfide) groups is 1. The summed E-state index contributed by atoms with van der Waals surface area (Å²) in [5.74, 6) is 0.371. The molecular formula is C17H23N3O2S. The molecule has 0 aliphatic rings. The number of nitrogens with one attached hydrogen (secondary N) is 1. The van der Waals surface area contributed by atoms with Crippen LogP contribution in [0.15, 0.2) is 35.7 Å². The molecule has 2 rings (SSSR count). The van der Waals surface area contributed by atoms with Gasteiger partial charge in [0, 0.05) is 38.3 Å². The van der Waals surface area contributed by atoms with Gasteiger partial charge < -0.3 is 10.1 Å². The minimum atomic E-state index is 0.0146. The van der Waals surface area contributed by atoms with Gasteiger partial charge >= 0.3 is 0 Å². The SMILES string of the molecule is COCCCNC(=O)CSc1nccn1-c1ccc(C)c(C)c1. The van der Waals surface area contributed by atoms with Gasteiger partial charge in [-0.1, -0.05) is 17.8 Å². The fourth-order valence-electron chi connectivity index (χ4n) is 2.09. The topological polar surface area (TPSA) is 56.1 Å². The van der Waals surface area contributed by atoms with Crippen molar-refractivity contribution in [2.45, 2.75) is 25.4 Å². The number of nitrogens with zero attached hydrogens (tertiary/aromatic N) is 2. The molecule has 1 N–H and O–H groups in total. The van der Waals surface area contributed by atoms with Crippen molar-refractivity contribution in [1.29, 1.82) is 0 Å². The summed E-state index contributed by atoms with van der Waals surface area (Å²) in [6.45, 7) is 5.48. The molecule has 0 fully saturated rings. The lowest BCUT2D eigenvalue weighted by Gasteiger charge is -2.10. The van der Waals surface area contributed by atoms with E-state index < -0.39 is 0 Å². The molecule has 1 aromatic heterocycles. The van der Waals surface area contributed by atoms with E-state index >= 15 is 0 Å². The van der Waals surface area contributed by atoms with Crippen LogP contribution in [-0.2, 0) is 9.53 Å². The maximum absolute atomic E-state index is 11.8. The molecule has 2 aromatic rings. The smallest absolute Gasteiger partial charge is 0.230 e. The predicted molar refractivity (Wildman–Crippen MR) is 93.3 cm³/mol. The lowest BCUT2D eigenvalue weighted by molar-refractivity contribution is -0.118. The fourth-order valence-corrected chi connectivity index (χ4v) is 2.90. The maximum Gasteiger partial charge on any atom is 0.230 e. The Morgan fingerprint density at radius 1 is 1.35 bits per heavy atom. The van der Waals surface area contributed by atoms with Crippen molar-refractivity contribution < 1.29 is 9.53 Å². The van der Waals surface area contributed by atoms with E-state index in [1.165, 1.54) is 22.9 Å². The van der Waals surface area contributed by atoms with Gasteiger partial charge in [0.05, 0.1) is 5.75 Å². The highest BCUT2D eigenvalue weighted by Gasteiger charge is 2.09. The Bertz CT molecular complexity index is 655. The molecule has 1 heterocycles. The van der Waals surface area contributed by atoms with E-state index in [-0.39, 0.29) is 5.91 Å². The van der Waals surface area contributed by atoms with Gasteiger partial charge in [0.2, 0.25) is 5.91 Å². The van der Waals surface area contributed by atoms with Crippen molar-refractivity contribution in [2.24, 2.45) is 0 Å². The Morgan fingerprint density at radius 2 is 2.17 bits per heavy atom. The quantitative estimate of drug-likeness (QED) is 0.596. The predicted octanol–water partition coefficient (Wildman–Crippen LogP) is 2.73. The van der Waals surface area contributed by atoms with Crippen molar-refractivity contribution in [3.8, 4) is 5.69 Å². The van der Waals surface area contributed by atoms with E-state index in [0.717, 1.165) is 17.3 Å². The highest BCUT2D eigenvalue weighted by molar-refractivity contribution is 7.99. The van der Waals surface area contributed by atoms with Gasteiger partial charge in [-0.3, -0.25) is 9.36 Å². The number of carbonyl (C=O) groups excluding carboxylic acids is 1. The molecular weight excluding hydrogens is 310 g/mol. The van der Waals surface area contributed by atoms with E-state index in [9.17, 15) is 4.79 Å². The molecule has 0 atom stereocenters. The summed E-state index contributed by atoms with van der Waals surface area (Å²) < 4.78 is 6.96. The maximum atomic E-state index is 11.8. The number of amides is 1. The minimum Gasteiger partial charge on any atom is -0.385 e. The standard InChI is InChI=1S/C17H23N3O2S/c1-13-5-6-15(11-14(13)2)20-9-8-19-17(20)23-12-16(21)18-7-4-10-22-3/h5-6,8-9,11H,4,7,10,12H2,1-3H3,(H,18,21). The van der Waals surface area contributed by atoms with Crippen LogP contribution in [0.3, 0.4) is 0 Å². The van der Waals surface area contributed by atoms with E-state index in [1.807, 2.05) is 10.8 Å². The number of methoxy groups -OCH3 is 1. The van der Waals surface area contributed by atoms with Crippen molar-refractivity contribution in [2.75, 3.05) is 26.0 Å². The molecule has 0 aliphatic heterocycles. The monoisotopic (exact) mass is 333 g/mol. The van der Waals surface area contributed by atoms with Crippen molar-refractivity contribution >= 4 is 17.7 Å². The molecule has 1 aromatic carbocycles. The van der Waals surface area contributed by atoms with Gasteiger partial charge in [0.25, 0.3) is 0 Å². The van der Waals surface area contributed by atoms with Gasteiger partial charge in [0.1, 0.15) is 0 Å². The first-order valence-electron chi connectivity index (χ1n) is 7.61. The third-order valence-electron chi connectivity index (χ3n) is 3.56. The Balaban J connectivity index is 1.93. The number of carbonyl (C=O) groups is 1. The fraction of sp³-hybridized carbons (Fsp3) is 0.412. The first-order valence-corrected chi connectivity index (χ1v) is 8.60. The number of hydrogen-bond donors (Lipinski definition) is 1. The van der Waals surface area contributed by atoms with E-state index in [0.29, 0.717) is 18.9 Å². The van der Waals surface area contributed by atoms with Gasteiger partial charge in [-0.05, 0) is 43.5 Å². The van der Waals surface area contributed by atoms with Crippen molar-refractivity contribution in [1.82, 2.24) is 14.9 Å². The van der Waals surface area contributed by atoms with E-state index in [4.69, 9.17) is 4.74 Å². The summed E-state index contributed by atoms with van der Waals surface area (Å²) >= 11 is 1.44. The van der Waals surface area contributed by atoms with Gasteiger partial charge in [-0.2, -0.15) is 0 Å². The average molecular weight is 333 g/mol. The van der Waals surface area contributed by atoms with Crippen LogP contribution < -0.4 is 5.32 Å². The summed E-state index contributed by atoms with van der Waals surface area (Å²) in [5.41, 5.74) is 3.56. The molecule has 6 heteroatoms. The highest BCUT2D eigenvalue weighted by atomic mass is 32.2. The third-order valence-corrected chi connectivity index (χ3v) is 4.52. The second-order valence-corrected chi connectivity index (χ2v) is 6.28. The normalized spacial score (nSPS) is 10.7. The zero-order chi connectivity index (χ0) is 16.7. The van der Waals surface area contributed by atoms with Crippen LogP contribution in [0.4, 0.5) is 0 Å². The number of imidazole rings is 1. The zero-order valence-electron chi connectivity index (χ0n) is 13.8. The molecule has 5 nitrogen and oxygen atoms in total. The van der Waals surface area contributed by atoms with Gasteiger partial charge in [-0.25, -0.2) is 4.98 Å². The van der Waals surface area contributed by atoms with Crippen molar-refractivity contribution in [3.05, 3.63) is 41.7 Å². The number of hydrogen-bond acceptors (Lipinski definition) is 4. The molecule has 0 unspecified atom stereocenters. The third kappa shape index (κ3) is 5.11. The van der Waals surface area contributed by atoms with Gasteiger partial charge in [-0.15, -0.1) is 0 Å². The molecule has 0 radical (unpaired) electrons. The zero-order valence-corrected chi connectivity index (χ0v) is 14.7. The lowest BCUT2D eigenvalue weighted by Crippen LogP contribution is -2.26. The van der Waals surface area contributed by atoms with Crippen LogP contribution in [0.2, 0.25) is 0 Å². The Morgan fingerprint density at radius 3 is 2.91 bits per heavy atom. The van der Waals surface area contributed by atoms with Crippen LogP contribution in [0.1, 0.15) is 17.5 Å². The van der Waals surface area contributed by atoms with Gasteiger partial charge in [0.15, 0.2) is 5.16 Å². The number of ether oxygens (including phenoxy) is 1. The molecule has 0 aliphatic carbocycles. The number of aromatic nitrogens is 2. The van der Waals surface area contributed by atoms with E-state index in [2.05, 4.69) is 42.3 Å². The minimum absolute atomic E-state index is 0.0146. The lowest BCUT2D eigenvalue weighted by atomic mass is 10.1.